The molecule has 5 rings (SSSR count). The number of allylic oxidation sites excluding steroid dienone is 2. The first-order chi connectivity index (χ1) is 20.1. The van der Waals surface area contributed by atoms with Gasteiger partial charge < -0.3 is 15.7 Å². The second-order valence-corrected chi connectivity index (χ2v) is 9.07. The summed E-state index contributed by atoms with van der Waals surface area (Å²) in [6, 6.07) is 44.0. The number of benzene rings is 5. The summed E-state index contributed by atoms with van der Waals surface area (Å²) in [6.07, 6.45) is 0. The van der Waals surface area contributed by atoms with Crippen molar-refractivity contribution in [1.29, 1.82) is 0 Å². The summed E-state index contributed by atoms with van der Waals surface area (Å²) in [5, 5.41) is 21.2. The minimum atomic E-state index is -0.498. The average molecular weight is 593 g/mol. The largest absolute Gasteiger partial charge is 2.00 e. The van der Waals surface area contributed by atoms with Crippen molar-refractivity contribution in [2.75, 3.05) is 0 Å². The van der Waals surface area contributed by atoms with Crippen molar-refractivity contribution in [3.8, 4) is 0 Å². The van der Waals surface area contributed by atoms with Crippen molar-refractivity contribution < 1.29 is 31.2 Å². The quantitative estimate of drug-likeness (QED) is 0.0576. The van der Waals surface area contributed by atoms with E-state index < -0.39 is 11.6 Å². The Morgan fingerprint density at radius 1 is 0.429 bits per heavy atom. The van der Waals surface area contributed by atoms with Gasteiger partial charge in [-0.3, -0.25) is 9.59 Å². The van der Waals surface area contributed by atoms with Crippen molar-refractivity contribution in [3.63, 3.8) is 0 Å². The molecule has 0 saturated heterocycles. The molecule has 1 N–H and O–H groups in total. The standard InChI is InChI=1S/C36H28N2O3.Ni/c39-34(26-16-6-1-7-17-26)31(32(37-29-22-12-4-13-23-29)35(40)27-18-8-2-9-19-27)33(38-30-24-14-5-15-25-30)36(41)28-20-10-3-11-21-28;/h1-25H,(H3,37,38,39,40,41);/q;+2/p-2. The zero-order chi connectivity index (χ0) is 28.4. The molecule has 0 fully saturated rings. The summed E-state index contributed by atoms with van der Waals surface area (Å²) in [5.41, 5.74) is 1.78. The van der Waals surface area contributed by atoms with Crippen molar-refractivity contribution in [1.82, 2.24) is 0 Å². The predicted octanol–water partition coefficient (Wildman–Crippen LogP) is 9.34. The molecular weight excluding hydrogens is 567 g/mol. The molecule has 0 spiro atoms. The predicted molar refractivity (Wildman–Crippen MR) is 163 cm³/mol. The van der Waals surface area contributed by atoms with Crippen molar-refractivity contribution in [2.24, 2.45) is 0 Å². The Kier molecular flexibility index (Phi) is 10.2. The van der Waals surface area contributed by atoms with E-state index in [9.17, 15) is 14.7 Å². The summed E-state index contributed by atoms with van der Waals surface area (Å²) < 4.78 is 0. The number of rotatable bonds is 10. The van der Waals surface area contributed by atoms with Crippen LogP contribution in [0.25, 0.3) is 16.4 Å². The zero-order valence-corrected chi connectivity index (χ0v) is 23.4. The van der Waals surface area contributed by atoms with E-state index in [4.69, 9.17) is 10.6 Å². The summed E-state index contributed by atoms with van der Waals surface area (Å²) in [5.74, 6) is -1.23. The molecule has 5 aromatic rings. The van der Waals surface area contributed by atoms with E-state index in [2.05, 4.69) is 0 Å². The monoisotopic (exact) mass is 592 g/mol. The smallest absolute Gasteiger partial charge is 0.654 e. The fourth-order valence-corrected chi connectivity index (χ4v) is 4.23. The molecule has 0 aliphatic heterocycles. The van der Waals surface area contributed by atoms with Crippen LogP contribution >= 0.6 is 0 Å². The van der Waals surface area contributed by atoms with Gasteiger partial charge in [0, 0.05) is 22.3 Å². The molecular formula is C36H26N2NiO3. The van der Waals surface area contributed by atoms with Crippen LogP contribution in [0.15, 0.2) is 169 Å². The number of hydrogen-bond donors (Lipinski definition) is 1. The van der Waals surface area contributed by atoms with E-state index in [1.165, 1.54) is 0 Å². The molecule has 5 nitrogen and oxygen atoms in total. The van der Waals surface area contributed by atoms with Gasteiger partial charge in [-0.05, 0) is 0 Å². The van der Waals surface area contributed by atoms with Gasteiger partial charge >= 0.3 is 16.5 Å². The van der Waals surface area contributed by atoms with Crippen molar-refractivity contribution >= 4 is 28.7 Å². The molecule has 5 aromatic carbocycles. The third-order valence-electron chi connectivity index (χ3n) is 6.25. The van der Waals surface area contributed by atoms with E-state index in [1.54, 1.807) is 115 Å². The third-order valence-corrected chi connectivity index (χ3v) is 6.25. The first-order valence-corrected chi connectivity index (χ1v) is 13.1. The summed E-state index contributed by atoms with van der Waals surface area (Å²) in [6.45, 7) is 0. The number of para-hydroxylation sites is 2. The Morgan fingerprint density at radius 3 is 1.19 bits per heavy atom. The Balaban J connectivity index is 0.00000405. The number of carbonyl (C=O) groups excluding carboxylic acids is 2. The van der Waals surface area contributed by atoms with Crippen LogP contribution in [-0.2, 0) is 16.5 Å². The third kappa shape index (κ3) is 7.11. The zero-order valence-electron chi connectivity index (χ0n) is 22.4. The molecule has 42 heavy (non-hydrogen) atoms. The van der Waals surface area contributed by atoms with Crippen LogP contribution in [0.5, 0.6) is 0 Å². The van der Waals surface area contributed by atoms with Gasteiger partial charge in [0.15, 0.2) is 11.6 Å². The van der Waals surface area contributed by atoms with Gasteiger partial charge in [0.1, 0.15) is 5.76 Å². The molecule has 6 heteroatoms. The molecule has 0 unspecified atom stereocenters. The SMILES string of the molecule is O=C(/C([N-]c1ccccc1)=C(C(=O)c1ccccc1)/C([N-]c1ccccc1)=C(\O)c1ccccc1)c1ccccc1.[Ni+2]. The van der Waals surface area contributed by atoms with Gasteiger partial charge in [-0.1, -0.05) is 163 Å². The van der Waals surface area contributed by atoms with Crippen LogP contribution in [-0.4, -0.2) is 16.7 Å². The fraction of sp³-hybridized carbons (Fsp3) is 0. The molecule has 208 valence electrons. The number of Topliss-reactive ketones (excluding diaryl/α,β-unsaturated/α-hetero) is 2. The summed E-state index contributed by atoms with van der Waals surface area (Å²) >= 11 is 0. The molecule has 0 atom stereocenters. The van der Waals surface area contributed by atoms with Gasteiger partial charge in [0.25, 0.3) is 0 Å². The first kappa shape index (κ1) is 29.8. The van der Waals surface area contributed by atoms with Crippen molar-refractivity contribution in [3.05, 3.63) is 196 Å². The minimum Gasteiger partial charge on any atom is -0.654 e. The maximum atomic E-state index is 14.4. The molecule has 0 aromatic heterocycles. The van der Waals surface area contributed by atoms with E-state index >= 15 is 0 Å². The topological polar surface area (TPSA) is 82.6 Å². The molecule has 0 aliphatic carbocycles. The Labute approximate surface area is 255 Å². The molecule has 0 aliphatic rings. The molecule has 0 amide bonds. The number of carbonyl (C=O) groups is 2. The second-order valence-electron chi connectivity index (χ2n) is 9.07. The summed E-state index contributed by atoms with van der Waals surface area (Å²) in [7, 11) is 0. The van der Waals surface area contributed by atoms with Crippen LogP contribution in [0, 0.1) is 0 Å². The van der Waals surface area contributed by atoms with Crippen LogP contribution in [0.3, 0.4) is 0 Å². The number of ketones is 2. The van der Waals surface area contributed by atoms with Gasteiger partial charge in [0.2, 0.25) is 0 Å². The number of hydrogen-bond acceptors (Lipinski definition) is 3. The minimum absolute atomic E-state index is 0. The van der Waals surface area contributed by atoms with Crippen LogP contribution in [0.2, 0.25) is 0 Å². The van der Waals surface area contributed by atoms with Crippen molar-refractivity contribution in [2.45, 2.75) is 0 Å². The first-order valence-electron chi connectivity index (χ1n) is 13.1. The molecule has 0 heterocycles. The maximum absolute atomic E-state index is 14.4. The van der Waals surface area contributed by atoms with E-state index in [-0.39, 0.29) is 39.2 Å². The van der Waals surface area contributed by atoms with Gasteiger partial charge in [-0.15, -0.1) is 11.4 Å². The maximum Gasteiger partial charge on any atom is 2.00 e. The fourth-order valence-electron chi connectivity index (χ4n) is 4.23. The molecule has 0 radical (unpaired) electrons. The normalized spacial score (nSPS) is 11.7. The molecule has 0 saturated carbocycles. The van der Waals surface area contributed by atoms with E-state index in [0.717, 1.165) is 0 Å². The Morgan fingerprint density at radius 2 is 0.762 bits per heavy atom. The average Bonchev–Trinajstić information content (AvgIpc) is 3.05. The van der Waals surface area contributed by atoms with Crippen LogP contribution in [0.1, 0.15) is 26.3 Å². The summed E-state index contributed by atoms with van der Waals surface area (Å²) in [4.78, 5) is 28.6. The number of nitrogens with zero attached hydrogens (tertiary/aromatic N) is 2. The Bertz CT molecular complexity index is 1690. The number of aliphatic hydroxyl groups excluding tert-OH is 1. The second kappa shape index (κ2) is 14.4. The van der Waals surface area contributed by atoms with Crippen LogP contribution < -0.4 is 0 Å². The van der Waals surface area contributed by atoms with E-state index in [0.29, 0.717) is 28.1 Å². The Hall–Kier alpha value is -5.19. The number of aliphatic hydroxyl groups is 1. The van der Waals surface area contributed by atoms with Gasteiger partial charge in [0.05, 0.1) is 0 Å². The van der Waals surface area contributed by atoms with Gasteiger partial charge in [-0.2, -0.15) is 0 Å². The van der Waals surface area contributed by atoms with Gasteiger partial charge in [-0.25, -0.2) is 0 Å². The van der Waals surface area contributed by atoms with Crippen LogP contribution in [0.4, 0.5) is 11.4 Å². The van der Waals surface area contributed by atoms with E-state index in [1.807, 2.05) is 36.4 Å². The molecule has 0 bridgehead atoms.